The van der Waals surface area contributed by atoms with Gasteiger partial charge in [0.25, 0.3) is 0 Å². The fraction of sp³-hybridized carbons (Fsp3) is 0.241. The van der Waals surface area contributed by atoms with Crippen molar-refractivity contribution in [3.05, 3.63) is 96.4 Å². The first-order valence-electron chi connectivity index (χ1n) is 11.8. The van der Waals surface area contributed by atoms with E-state index in [0.29, 0.717) is 29.5 Å². The van der Waals surface area contributed by atoms with Gasteiger partial charge in [0.05, 0.1) is 0 Å². The maximum atomic E-state index is 12.1. The summed E-state index contributed by atoms with van der Waals surface area (Å²) >= 11 is 0. The number of oxazole rings is 1. The molecule has 4 aromatic rings. The van der Waals surface area contributed by atoms with Crippen LogP contribution in [0.25, 0.3) is 22.6 Å². The fourth-order valence-corrected chi connectivity index (χ4v) is 4.83. The van der Waals surface area contributed by atoms with E-state index in [2.05, 4.69) is 0 Å². The maximum Gasteiger partial charge on any atom is 0.352 e. The predicted molar refractivity (Wildman–Crippen MR) is 131 cm³/mol. The first-order chi connectivity index (χ1) is 17.0. The van der Waals surface area contributed by atoms with Gasteiger partial charge in [-0.3, -0.25) is 9.78 Å². The average Bonchev–Trinajstić information content (AvgIpc) is 3.36. The number of hydrogen-bond acceptors (Lipinski definition) is 6. The van der Waals surface area contributed by atoms with E-state index >= 15 is 0 Å². The Labute approximate surface area is 204 Å². The second-order valence-corrected chi connectivity index (χ2v) is 8.88. The summed E-state index contributed by atoms with van der Waals surface area (Å²) < 4.78 is 6.40. The molecular formula is C29H27NO5. The molecule has 0 aliphatic heterocycles. The van der Waals surface area contributed by atoms with Gasteiger partial charge in [-0.15, -0.1) is 0 Å². The van der Waals surface area contributed by atoms with E-state index in [0.717, 1.165) is 36.0 Å². The highest BCUT2D eigenvalue weighted by atomic mass is 17.2. The predicted octanol–water partition coefficient (Wildman–Crippen LogP) is 6.41. The van der Waals surface area contributed by atoms with Crippen molar-refractivity contribution in [2.75, 3.05) is 0 Å². The molecule has 0 radical (unpaired) electrons. The van der Waals surface area contributed by atoms with Crippen molar-refractivity contribution in [2.45, 2.75) is 44.1 Å². The van der Waals surface area contributed by atoms with Crippen LogP contribution in [0.3, 0.4) is 0 Å². The molecule has 6 nitrogen and oxygen atoms in total. The monoisotopic (exact) mass is 469 g/mol. The minimum atomic E-state index is -1.30. The van der Waals surface area contributed by atoms with Gasteiger partial charge in [-0.2, -0.15) is 0 Å². The van der Waals surface area contributed by atoms with E-state index in [1.54, 1.807) is 12.1 Å². The summed E-state index contributed by atoms with van der Waals surface area (Å²) in [6.45, 7) is 1.28. The van der Waals surface area contributed by atoms with Gasteiger partial charge in [0.1, 0.15) is 11.3 Å². The first kappa shape index (κ1) is 22.9. The number of aliphatic hydroxyl groups is 1. The molecule has 1 aromatic heterocycles. The molecular weight excluding hydrogens is 442 g/mol. The Hall–Kier alpha value is -3.90. The average molecular weight is 470 g/mol. The Morgan fingerprint density at radius 2 is 1.69 bits per heavy atom. The molecule has 0 spiro atoms. The number of rotatable bonds is 6. The molecule has 0 saturated heterocycles. The molecule has 1 saturated carbocycles. The molecule has 1 N–H and O–H groups in total. The van der Waals surface area contributed by atoms with Gasteiger partial charge in [-0.05, 0) is 37.0 Å². The Bertz CT molecular complexity index is 1240. The van der Waals surface area contributed by atoms with Crippen molar-refractivity contribution in [2.24, 2.45) is 0 Å². The summed E-state index contributed by atoms with van der Waals surface area (Å²) in [6, 6.07) is 27.0. The number of hydrogen-bond donors (Lipinski definition) is 1. The Morgan fingerprint density at radius 1 is 0.971 bits per heavy atom. The molecule has 3 aromatic carbocycles. The van der Waals surface area contributed by atoms with E-state index in [9.17, 15) is 9.90 Å². The summed E-state index contributed by atoms with van der Waals surface area (Å²) in [5.41, 5.74) is 2.11. The van der Waals surface area contributed by atoms with Crippen molar-refractivity contribution in [1.29, 1.82) is 0 Å². The van der Waals surface area contributed by atoms with Gasteiger partial charge >= 0.3 is 5.97 Å². The Morgan fingerprint density at radius 3 is 2.40 bits per heavy atom. The van der Waals surface area contributed by atoms with Crippen molar-refractivity contribution in [3.8, 4) is 28.3 Å². The van der Waals surface area contributed by atoms with Crippen LogP contribution in [0.15, 0.2) is 89.3 Å². The normalized spacial score (nSPS) is 19.8. The van der Waals surface area contributed by atoms with E-state index < -0.39 is 11.6 Å². The van der Waals surface area contributed by atoms with Crippen LogP contribution in [0.1, 0.15) is 50.0 Å². The van der Waals surface area contributed by atoms with Crippen molar-refractivity contribution < 1.29 is 24.1 Å². The van der Waals surface area contributed by atoms with Gasteiger partial charge < -0.3 is 9.52 Å². The molecule has 0 bridgehead atoms. The standard InChI is InChI=1S/C29H27NO5/c1-20(31)34-35-24-16-10-15-23(19-24)25-17-8-9-18-29(25,32)28-30-26(21-11-4-2-5-12-21)27(33-28)22-13-6-3-7-14-22/h2-7,10-16,19,25,32H,8-9,17-18H2,1H3. The van der Waals surface area contributed by atoms with Crippen LogP contribution in [0, 0.1) is 0 Å². The largest absolute Gasteiger partial charge is 0.437 e. The van der Waals surface area contributed by atoms with E-state index in [4.69, 9.17) is 19.2 Å². The van der Waals surface area contributed by atoms with Crippen LogP contribution >= 0.6 is 0 Å². The molecule has 0 amide bonds. The molecule has 178 valence electrons. The van der Waals surface area contributed by atoms with Crippen molar-refractivity contribution >= 4 is 5.97 Å². The summed E-state index contributed by atoms with van der Waals surface area (Å²) in [7, 11) is 0. The number of aromatic nitrogens is 1. The summed E-state index contributed by atoms with van der Waals surface area (Å²) in [5, 5.41) is 12.1. The zero-order valence-corrected chi connectivity index (χ0v) is 19.5. The van der Waals surface area contributed by atoms with Gasteiger partial charge in [0.15, 0.2) is 11.5 Å². The number of nitrogens with zero attached hydrogens (tertiary/aromatic N) is 1. The highest BCUT2D eigenvalue weighted by Crippen LogP contribution is 2.49. The van der Waals surface area contributed by atoms with Crippen LogP contribution in [-0.4, -0.2) is 16.1 Å². The van der Waals surface area contributed by atoms with Crippen LogP contribution in [0.2, 0.25) is 0 Å². The maximum absolute atomic E-state index is 12.1. The molecule has 1 fully saturated rings. The molecule has 6 heteroatoms. The lowest BCUT2D eigenvalue weighted by atomic mass is 9.72. The zero-order valence-electron chi connectivity index (χ0n) is 19.5. The van der Waals surface area contributed by atoms with Gasteiger partial charge in [-0.25, -0.2) is 9.78 Å². The topological polar surface area (TPSA) is 81.8 Å². The molecule has 1 aliphatic rings. The minimum absolute atomic E-state index is 0.261. The second kappa shape index (κ2) is 9.76. The minimum Gasteiger partial charge on any atom is -0.437 e. The van der Waals surface area contributed by atoms with Gasteiger partial charge in [0, 0.05) is 24.0 Å². The number of carbonyl (C=O) groups is 1. The fourth-order valence-electron chi connectivity index (χ4n) is 4.83. The molecule has 2 atom stereocenters. The molecule has 5 rings (SSSR count). The third-order valence-corrected chi connectivity index (χ3v) is 6.47. The highest BCUT2D eigenvalue weighted by molar-refractivity contribution is 5.77. The Balaban J connectivity index is 1.58. The molecule has 1 heterocycles. The molecule has 1 aliphatic carbocycles. The number of benzene rings is 3. The molecule has 2 unspecified atom stereocenters. The SMILES string of the molecule is CC(=O)OOc1cccc(C2CCCCC2(O)c2nc(-c3ccccc3)c(-c3ccccc3)o2)c1. The second-order valence-electron chi connectivity index (χ2n) is 8.88. The van der Waals surface area contributed by atoms with Crippen molar-refractivity contribution in [3.63, 3.8) is 0 Å². The highest BCUT2D eigenvalue weighted by Gasteiger charge is 2.46. The zero-order chi connectivity index (χ0) is 24.3. The summed E-state index contributed by atoms with van der Waals surface area (Å²) in [6.07, 6.45) is 3.12. The van der Waals surface area contributed by atoms with Crippen LogP contribution in [-0.2, 0) is 15.3 Å². The number of carbonyl (C=O) groups excluding carboxylic acids is 1. The lowest BCUT2D eigenvalue weighted by molar-refractivity contribution is -0.210. The van der Waals surface area contributed by atoms with Crippen LogP contribution in [0.4, 0.5) is 0 Å². The van der Waals surface area contributed by atoms with Gasteiger partial charge in [-0.1, -0.05) is 79.2 Å². The van der Waals surface area contributed by atoms with Gasteiger partial charge in [0.2, 0.25) is 5.89 Å². The van der Waals surface area contributed by atoms with Crippen LogP contribution in [0.5, 0.6) is 5.75 Å². The smallest absolute Gasteiger partial charge is 0.352 e. The van der Waals surface area contributed by atoms with E-state index in [1.807, 2.05) is 72.8 Å². The first-order valence-corrected chi connectivity index (χ1v) is 11.8. The third-order valence-electron chi connectivity index (χ3n) is 6.47. The summed E-state index contributed by atoms with van der Waals surface area (Å²) in [4.78, 5) is 25.9. The lowest BCUT2D eigenvalue weighted by Crippen LogP contribution is -2.36. The molecule has 35 heavy (non-hydrogen) atoms. The third kappa shape index (κ3) is 4.70. The lowest BCUT2D eigenvalue weighted by Gasteiger charge is -2.38. The quantitative estimate of drug-likeness (QED) is 0.260. The van der Waals surface area contributed by atoms with Crippen LogP contribution < -0.4 is 4.89 Å². The van der Waals surface area contributed by atoms with E-state index in [1.165, 1.54) is 6.92 Å². The summed E-state index contributed by atoms with van der Waals surface area (Å²) in [5.74, 6) is 0.546. The Kier molecular flexibility index (Phi) is 6.38. The van der Waals surface area contributed by atoms with E-state index in [-0.39, 0.29) is 5.92 Å². The van der Waals surface area contributed by atoms with Crippen molar-refractivity contribution in [1.82, 2.24) is 4.98 Å².